The lowest BCUT2D eigenvalue weighted by Crippen LogP contribution is -2.18. The molecule has 1 heterocycles. The van der Waals surface area contributed by atoms with Crippen molar-refractivity contribution in [3.05, 3.63) is 90.5 Å². The van der Waals surface area contributed by atoms with Crippen molar-refractivity contribution < 1.29 is 18.7 Å². The molecule has 10 heteroatoms. The standard InChI is InChI=1S/C23H20FN5O3S/c24-16-10-12-17(13-11-16)31-14-21-27-28-23(29(21)25)33-15-22(30)26-19-8-4-5-9-20(19)32-18-6-2-1-3-7-18/h1-13H,14-15,25H2,(H,26,30). The molecule has 4 rings (SSSR count). The second kappa shape index (κ2) is 10.5. The Morgan fingerprint density at radius 1 is 0.970 bits per heavy atom. The molecule has 0 spiro atoms. The Bertz CT molecular complexity index is 1220. The molecule has 0 saturated carbocycles. The van der Waals surface area contributed by atoms with Gasteiger partial charge in [0.15, 0.2) is 11.6 Å². The van der Waals surface area contributed by atoms with Crippen LogP contribution in [-0.4, -0.2) is 26.5 Å². The fourth-order valence-electron chi connectivity index (χ4n) is 2.77. The molecule has 0 bridgehead atoms. The average molecular weight is 466 g/mol. The van der Waals surface area contributed by atoms with E-state index < -0.39 is 0 Å². The van der Waals surface area contributed by atoms with Crippen LogP contribution in [0.5, 0.6) is 17.2 Å². The number of thioether (sulfide) groups is 1. The number of halogens is 1. The van der Waals surface area contributed by atoms with Gasteiger partial charge in [0.05, 0.1) is 11.4 Å². The molecular formula is C23H20FN5O3S. The summed E-state index contributed by atoms with van der Waals surface area (Å²) in [7, 11) is 0. The first kappa shape index (κ1) is 22.2. The van der Waals surface area contributed by atoms with Gasteiger partial charge in [-0.15, -0.1) is 10.2 Å². The van der Waals surface area contributed by atoms with Gasteiger partial charge >= 0.3 is 0 Å². The molecule has 0 aliphatic heterocycles. The summed E-state index contributed by atoms with van der Waals surface area (Å²) in [6, 6.07) is 22.1. The molecule has 0 aliphatic rings. The molecule has 0 radical (unpaired) electrons. The molecule has 4 aromatic rings. The number of hydrogen-bond acceptors (Lipinski definition) is 7. The maximum Gasteiger partial charge on any atom is 0.234 e. The van der Waals surface area contributed by atoms with E-state index >= 15 is 0 Å². The highest BCUT2D eigenvalue weighted by Gasteiger charge is 2.14. The monoisotopic (exact) mass is 465 g/mol. The van der Waals surface area contributed by atoms with Crippen LogP contribution in [0.3, 0.4) is 0 Å². The van der Waals surface area contributed by atoms with E-state index in [0.29, 0.717) is 33.9 Å². The first-order valence-electron chi connectivity index (χ1n) is 9.91. The van der Waals surface area contributed by atoms with Gasteiger partial charge in [0, 0.05) is 0 Å². The number of anilines is 1. The minimum absolute atomic E-state index is 0.0477. The number of rotatable bonds is 9. The van der Waals surface area contributed by atoms with Crippen LogP contribution in [0.2, 0.25) is 0 Å². The summed E-state index contributed by atoms with van der Waals surface area (Å²) in [5.74, 6) is 7.52. The van der Waals surface area contributed by atoms with Gasteiger partial charge < -0.3 is 20.6 Å². The van der Waals surface area contributed by atoms with E-state index in [1.165, 1.54) is 28.9 Å². The van der Waals surface area contributed by atoms with Crippen LogP contribution in [0.4, 0.5) is 10.1 Å². The highest BCUT2D eigenvalue weighted by molar-refractivity contribution is 7.99. The number of hydrogen-bond donors (Lipinski definition) is 2. The number of nitrogens with two attached hydrogens (primary N) is 1. The number of nitrogens with zero attached hydrogens (tertiary/aromatic N) is 3. The lowest BCUT2D eigenvalue weighted by molar-refractivity contribution is -0.113. The molecule has 33 heavy (non-hydrogen) atoms. The smallest absolute Gasteiger partial charge is 0.234 e. The van der Waals surface area contributed by atoms with Gasteiger partial charge in [0.1, 0.15) is 23.9 Å². The Morgan fingerprint density at radius 3 is 2.48 bits per heavy atom. The predicted molar refractivity (Wildman–Crippen MR) is 123 cm³/mol. The van der Waals surface area contributed by atoms with Crippen LogP contribution in [0.15, 0.2) is 84.0 Å². The molecule has 0 saturated heterocycles. The van der Waals surface area contributed by atoms with Crippen LogP contribution in [-0.2, 0) is 11.4 Å². The van der Waals surface area contributed by atoms with Crippen LogP contribution in [0.25, 0.3) is 0 Å². The number of carbonyl (C=O) groups is 1. The van der Waals surface area contributed by atoms with Crippen molar-refractivity contribution in [1.29, 1.82) is 0 Å². The average Bonchev–Trinajstić information content (AvgIpc) is 3.18. The fourth-order valence-corrected chi connectivity index (χ4v) is 3.45. The van der Waals surface area contributed by atoms with Crippen LogP contribution in [0, 0.1) is 5.82 Å². The fraction of sp³-hybridized carbons (Fsp3) is 0.0870. The third kappa shape index (κ3) is 6.01. The summed E-state index contributed by atoms with van der Waals surface area (Å²) < 4.78 is 25.6. The first-order chi connectivity index (χ1) is 16.1. The van der Waals surface area contributed by atoms with Crippen molar-refractivity contribution in [3.63, 3.8) is 0 Å². The molecule has 3 aromatic carbocycles. The normalized spacial score (nSPS) is 10.6. The van der Waals surface area contributed by atoms with E-state index in [4.69, 9.17) is 15.3 Å². The summed E-state index contributed by atoms with van der Waals surface area (Å²) in [5, 5.41) is 11.2. The van der Waals surface area contributed by atoms with Gasteiger partial charge in [0.2, 0.25) is 11.1 Å². The highest BCUT2D eigenvalue weighted by atomic mass is 32.2. The van der Waals surface area contributed by atoms with Crippen LogP contribution in [0.1, 0.15) is 5.82 Å². The van der Waals surface area contributed by atoms with Gasteiger partial charge in [-0.2, -0.15) is 0 Å². The lowest BCUT2D eigenvalue weighted by atomic mass is 10.3. The number of nitrogen functional groups attached to an aromatic ring is 1. The quantitative estimate of drug-likeness (QED) is 0.282. The lowest BCUT2D eigenvalue weighted by Gasteiger charge is -2.12. The van der Waals surface area contributed by atoms with E-state index in [2.05, 4.69) is 15.5 Å². The van der Waals surface area contributed by atoms with Gasteiger partial charge in [0.25, 0.3) is 0 Å². The van der Waals surface area contributed by atoms with E-state index in [1.54, 1.807) is 12.1 Å². The molecule has 0 aliphatic carbocycles. The molecule has 0 fully saturated rings. The zero-order valence-electron chi connectivity index (χ0n) is 17.3. The van der Waals surface area contributed by atoms with E-state index in [9.17, 15) is 9.18 Å². The largest absolute Gasteiger partial charge is 0.486 e. The number of benzene rings is 3. The Kier molecular flexibility index (Phi) is 7.06. The number of carbonyl (C=O) groups excluding carboxylic acids is 1. The molecule has 3 N–H and O–H groups in total. The van der Waals surface area contributed by atoms with E-state index in [0.717, 1.165) is 11.8 Å². The SMILES string of the molecule is Nn1c(COc2ccc(F)cc2)nnc1SCC(=O)Nc1ccccc1Oc1ccccc1. The van der Waals surface area contributed by atoms with Crippen molar-refractivity contribution in [1.82, 2.24) is 14.9 Å². The maximum absolute atomic E-state index is 13.0. The number of ether oxygens (including phenoxy) is 2. The molecule has 0 atom stereocenters. The summed E-state index contributed by atoms with van der Waals surface area (Å²) >= 11 is 1.14. The van der Waals surface area contributed by atoms with Crippen molar-refractivity contribution in [2.75, 3.05) is 16.9 Å². The number of aromatic nitrogens is 3. The van der Waals surface area contributed by atoms with E-state index in [-0.39, 0.29) is 24.1 Å². The molecular weight excluding hydrogens is 445 g/mol. The van der Waals surface area contributed by atoms with Gasteiger partial charge in [-0.3, -0.25) is 4.79 Å². The summed E-state index contributed by atoms with van der Waals surface area (Å²) in [4.78, 5) is 12.5. The van der Waals surface area contributed by atoms with Crippen LogP contribution < -0.4 is 20.6 Å². The van der Waals surface area contributed by atoms with Gasteiger partial charge in [-0.25, -0.2) is 9.07 Å². The Hall–Kier alpha value is -4.05. The zero-order valence-corrected chi connectivity index (χ0v) is 18.2. The second-order valence-corrected chi connectivity index (χ2v) is 7.70. The molecule has 8 nitrogen and oxygen atoms in total. The summed E-state index contributed by atoms with van der Waals surface area (Å²) in [6.45, 7) is 0.0477. The predicted octanol–water partition coefficient (Wildman–Crippen LogP) is 4.23. The third-order valence-electron chi connectivity index (χ3n) is 4.38. The Labute approximate surface area is 193 Å². The van der Waals surface area contributed by atoms with Crippen molar-refractivity contribution >= 4 is 23.4 Å². The molecule has 0 unspecified atom stereocenters. The molecule has 1 amide bonds. The molecule has 1 aromatic heterocycles. The van der Waals surface area contributed by atoms with Crippen molar-refractivity contribution in [3.8, 4) is 17.2 Å². The number of nitrogens with one attached hydrogen (secondary N) is 1. The maximum atomic E-state index is 13.0. The second-order valence-electron chi connectivity index (χ2n) is 6.76. The first-order valence-corrected chi connectivity index (χ1v) is 10.9. The third-order valence-corrected chi connectivity index (χ3v) is 5.32. The minimum atomic E-state index is -0.351. The van der Waals surface area contributed by atoms with Crippen molar-refractivity contribution in [2.45, 2.75) is 11.8 Å². The van der Waals surface area contributed by atoms with Gasteiger partial charge in [-0.05, 0) is 48.5 Å². The van der Waals surface area contributed by atoms with Crippen LogP contribution >= 0.6 is 11.8 Å². The minimum Gasteiger partial charge on any atom is -0.486 e. The zero-order chi connectivity index (χ0) is 23.0. The van der Waals surface area contributed by atoms with Gasteiger partial charge in [-0.1, -0.05) is 42.1 Å². The topological polar surface area (TPSA) is 104 Å². The number of amides is 1. The Balaban J connectivity index is 1.32. The molecule has 168 valence electrons. The highest BCUT2D eigenvalue weighted by Crippen LogP contribution is 2.29. The number of para-hydroxylation sites is 3. The summed E-state index contributed by atoms with van der Waals surface area (Å²) in [6.07, 6.45) is 0. The van der Waals surface area contributed by atoms with E-state index in [1.807, 2.05) is 42.5 Å². The summed E-state index contributed by atoms with van der Waals surface area (Å²) in [5.41, 5.74) is 0.551. The Morgan fingerprint density at radius 2 is 1.70 bits per heavy atom. The van der Waals surface area contributed by atoms with Crippen molar-refractivity contribution in [2.24, 2.45) is 0 Å².